The van der Waals surface area contributed by atoms with Crippen molar-refractivity contribution in [2.24, 2.45) is 5.73 Å². The van der Waals surface area contributed by atoms with Gasteiger partial charge in [0.05, 0.1) is 30.3 Å². The Labute approximate surface area is 365 Å². The average molecular weight is 908 g/mol. The van der Waals surface area contributed by atoms with E-state index in [-0.39, 0.29) is 30.5 Å². The fourth-order valence-corrected chi connectivity index (χ4v) is 7.94. The highest BCUT2D eigenvalue weighted by molar-refractivity contribution is 5.99. The van der Waals surface area contributed by atoms with E-state index in [1.807, 2.05) is 19.9 Å². The van der Waals surface area contributed by atoms with Crippen LogP contribution in [0.3, 0.4) is 0 Å². The van der Waals surface area contributed by atoms with Crippen molar-refractivity contribution in [3.05, 3.63) is 52.6 Å². The number of dihydropyridines is 1. The highest BCUT2D eigenvalue weighted by Gasteiger charge is 2.39. The van der Waals surface area contributed by atoms with Crippen LogP contribution in [0.15, 0.2) is 47.1 Å². The Balaban J connectivity index is 0.0000162. The van der Waals surface area contributed by atoms with E-state index < -0.39 is 23.8 Å². The minimum atomic E-state index is -0.704. The van der Waals surface area contributed by atoms with Crippen LogP contribution < -0.4 is 39.6 Å². The summed E-state index contributed by atoms with van der Waals surface area (Å²) in [5.41, 5.74) is 8.27. The monoisotopic (exact) mass is 908 g/mol. The minimum absolute atomic E-state index is 0. The quantitative estimate of drug-likeness (QED) is 0.0305. The smallest absolute Gasteiger partial charge is 0.336 e. The second kappa shape index (κ2) is 34.4. The van der Waals surface area contributed by atoms with Gasteiger partial charge in [0.1, 0.15) is 0 Å². The highest BCUT2D eigenvalue weighted by Crippen LogP contribution is 2.39. The number of allylic oxidation sites excluding steroid dienone is 2. The van der Waals surface area contributed by atoms with Crippen LogP contribution in [-0.4, -0.2) is 31.1 Å². The maximum atomic E-state index is 13.8. The number of ether oxygens (including phenoxy) is 2. The normalized spacial score (nSPS) is 13.1. The van der Waals surface area contributed by atoms with Crippen LogP contribution in [0.5, 0.6) is 0 Å². The number of nitrogens with zero attached hydrogens (tertiary/aromatic N) is 1. The van der Waals surface area contributed by atoms with Gasteiger partial charge < -0.3 is 44.5 Å². The van der Waals surface area contributed by atoms with E-state index in [0.29, 0.717) is 41.3 Å². The number of nitrogens with one attached hydrogen (secondary N) is 1. The molecule has 2 heterocycles. The summed E-state index contributed by atoms with van der Waals surface area (Å²) in [5.74, 6) is -2.06. The molecule has 0 radical (unpaired) electrons. The van der Waals surface area contributed by atoms with Gasteiger partial charge in [-0.15, -0.1) is 0 Å². The molecule has 2 rings (SSSR count). The number of carbonyl (C=O) groups excluding carboxylic acids is 3. The Bertz CT molecular complexity index is 1240. The van der Waals surface area contributed by atoms with Crippen molar-refractivity contribution in [3.63, 3.8) is 0 Å². The molecular weight excluding hydrogens is 825 g/mol. The molecule has 0 fully saturated rings. The largest absolute Gasteiger partial charge is 1.00 e. The lowest BCUT2D eigenvalue weighted by atomic mass is 9.81. The molecule has 0 unspecified atom stereocenters. The summed E-state index contributed by atoms with van der Waals surface area (Å²) in [4.78, 5) is 39.4. The molecule has 0 aliphatic carbocycles. The Morgan fingerprint density at radius 3 is 1.25 bits per heavy atom. The van der Waals surface area contributed by atoms with Gasteiger partial charge in [0, 0.05) is 23.0 Å². The van der Waals surface area contributed by atoms with Crippen molar-refractivity contribution in [2.75, 3.05) is 13.2 Å². The topological polar surface area (TPSA) is 112 Å². The number of hydrogen-bond acceptors (Lipinski definition) is 6. The van der Waals surface area contributed by atoms with Crippen molar-refractivity contribution in [2.45, 2.75) is 220 Å². The van der Waals surface area contributed by atoms with Crippen molar-refractivity contribution >= 4 is 17.8 Å². The fourth-order valence-electron chi connectivity index (χ4n) is 7.94. The molecule has 1 aromatic heterocycles. The SMILES string of the molecule is CCCCCCCCCCCCCCCCOC(=O)C1=C(C)NC(C)=C(C(=O)OCCCCCCCCCCCCCCCC)C1c1ccc[n+](CC(N)=O)c1.[I-]. The van der Waals surface area contributed by atoms with Gasteiger partial charge >= 0.3 is 11.9 Å². The number of aromatic nitrogens is 1. The average Bonchev–Trinajstić information content (AvgIpc) is 3.17. The summed E-state index contributed by atoms with van der Waals surface area (Å²) < 4.78 is 13.4. The number of pyridine rings is 1. The number of rotatable bonds is 35. The molecule has 1 aliphatic heterocycles. The molecule has 1 amide bonds. The van der Waals surface area contributed by atoms with Gasteiger partial charge in [0.15, 0.2) is 12.4 Å². The maximum absolute atomic E-state index is 13.8. The molecule has 0 spiro atoms. The van der Waals surface area contributed by atoms with Gasteiger partial charge in [-0.05, 0) is 32.8 Å². The number of amides is 1. The van der Waals surface area contributed by atoms with Gasteiger partial charge in [0.2, 0.25) is 6.54 Å². The highest BCUT2D eigenvalue weighted by atomic mass is 127. The third kappa shape index (κ3) is 23.7. The van der Waals surface area contributed by atoms with Crippen molar-refractivity contribution in [1.29, 1.82) is 0 Å². The third-order valence-electron chi connectivity index (χ3n) is 11.2. The standard InChI is InChI=1S/C48H81N3O5.HI/c1-5-7-9-11-13-15-17-19-21-23-25-27-29-31-36-55-47(53)44-40(3)50-41(4)45(46(44)42-34-33-35-51(38-42)39-43(49)52)48(54)56-37-32-30-28-26-24-22-20-18-16-14-12-10-8-6-2;/h33-35,38,46H,5-32,36-37,39H2,1-4H3,(H2-,49,50,52,53,54);1H. The molecule has 57 heavy (non-hydrogen) atoms. The summed E-state index contributed by atoms with van der Waals surface area (Å²) in [6, 6.07) is 3.68. The van der Waals surface area contributed by atoms with Crippen molar-refractivity contribution in [1.82, 2.24) is 5.32 Å². The summed E-state index contributed by atoms with van der Waals surface area (Å²) in [5, 5.41) is 3.27. The van der Waals surface area contributed by atoms with Gasteiger partial charge in [0.25, 0.3) is 5.91 Å². The Morgan fingerprint density at radius 1 is 0.579 bits per heavy atom. The van der Waals surface area contributed by atoms with E-state index in [4.69, 9.17) is 15.2 Å². The molecule has 0 saturated heterocycles. The number of nitrogens with two attached hydrogens (primary N) is 1. The molecule has 0 saturated carbocycles. The molecule has 326 valence electrons. The molecule has 1 aromatic rings. The summed E-state index contributed by atoms with van der Waals surface area (Å²) in [7, 11) is 0. The molecule has 3 N–H and O–H groups in total. The zero-order chi connectivity index (χ0) is 40.6. The van der Waals surface area contributed by atoms with Crippen LogP contribution in [0, 0.1) is 0 Å². The molecule has 0 atom stereocenters. The van der Waals surface area contributed by atoms with Crippen LogP contribution >= 0.6 is 0 Å². The van der Waals surface area contributed by atoms with Crippen LogP contribution in [0.4, 0.5) is 0 Å². The minimum Gasteiger partial charge on any atom is -1.00 e. The first kappa shape index (κ1) is 52.6. The van der Waals surface area contributed by atoms with Gasteiger partial charge in [-0.2, -0.15) is 4.57 Å². The predicted octanol–water partition coefficient (Wildman–Crippen LogP) is 8.75. The van der Waals surface area contributed by atoms with E-state index in [2.05, 4.69) is 19.2 Å². The third-order valence-corrected chi connectivity index (χ3v) is 11.2. The molecular formula is C48H82IN3O5. The zero-order valence-electron chi connectivity index (χ0n) is 36.8. The first-order valence-electron chi connectivity index (χ1n) is 23.1. The lowest BCUT2D eigenvalue weighted by molar-refractivity contribution is -0.684. The summed E-state index contributed by atoms with van der Waals surface area (Å²) in [6.07, 6.45) is 38.9. The molecule has 0 bridgehead atoms. The van der Waals surface area contributed by atoms with E-state index in [1.54, 1.807) is 23.0 Å². The Kier molecular flexibility index (Phi) is 31.8. The maximum Gasteiger partial charge on any atom is 0.336 e. The fraction of sp³-hybridized carbons (Fsp3) is 0.750. The van der Waals surface area contributed by atoms with Crippen molar-refractivity contribution < 1.29 is 52.4 Å². The van der Waals surface area contributed by atoms with Gasteiger partial charge in [-0.25, -0.2) is 9.59 Å². The van der Waals surface area contributed by atoms with Crippen LogP contribution in [0.2, 0.25) is 0 Å². The summed E-state index contributed by atoms with van der Waals surface area (Å²) in [6.45, 7) is 8.87. The number of esters is 2. The lowest BCUT2D eigenvalue weighted by Crippen LogP contribution is -3.00. The first-order valence-corrected chi connectivity index (χ1v) is 23.1. The molecule has 9 heteroatoms. The van der Waals surface area contributed by atoms with E-state index in [0.717, 1.165) is 38.5 Å². The first-order chi connectivity index (χ1) is 27.3. The zero-order valence-corrected chi connectivity index (χ0v) is 38.9. The Hall–Kier alpha value is -2.43. The molecule has 8 nitrogen and oxygen atoms in total. The molecule has 1 aliphatic rings. The second-order valence-corrected chi connectivity index (χ2v) is 16.4. The number of primary amides is 1. The van der Waals surface area contributed by atoms with Gasteiger partial charge in [-0.1, -0.05) is 181 Å². The number of halogens is 1. The van der Waals surface area contributed by atoms with E-state index in [1.165, 1.54) is 141 Å². The Morgan fingerprint density at radius 2 is 0.912 bits per heavy atom. The van der Waals surface area contributed by atoms with E-state index in [9.17, 15) is 14.4 Å². The van der Waals surface area contributed by atoms with Crippen LogP contribution in [0.25, 0.3) is 0 Å². The molecule has 0 aromatic carbocycles. The summed E-state index contributed by atoms with van der Waals surface area (Å²) >= 11 is 0. The number of carbonyl (C=O) groups is 3. The lowest BCUT2D eigenvalue weighted by Gasteiger charge is -2.30. The van der Waals surface area contributed by atoms with Gasteiger partial charge in [-0.3, -0.25) is 4.79 Å². The van der Waals surface area contributed by atoms with E-state index >= 15 is 0 Å². The number of unbranched alkanes of at least 4 members (excludes halogenated alkanes) is 26. The second-order valence-electron chi connectivity index (χ2n) is 16.4. The predicted molar refractivity (Wildman–Crippen MR) is 230 cm³/mol. The van der Waals surface area contributed by atoms with Crippen LogP contribution in [-0.2, 0) is 30.4 Å². The number of hydrogen-bond donors (Lipinski definition) is 2. The van der Waals surface area contributed by atoms with Crippen LogP contribution in [0.1, 0.15) is 219 Å². The van der Waals surface area contributed by atoms with Crippen molar-refractivity contribution in [3.8, 4) is 0 Å².